The minimum Gasteiger partial charge on any atom is -0.381 e. The SMILES string of the molecule is CN=C(NC1=C(C=O)NCCC1)SC. The molecule has 0 saturated carbocycles. The van der Waals surface area contributed by atoms with E-state index in [9.17, 15) is 4.79 Å². The van der Waals surface area contributed by atoms with Gasteiger partial charge in [0.2, 0.25) is 0 Å². The Morgan fingerprint density at radius 2 is 2.50 bits per heavy atom. The molecule has 1 heterocycles. The van der Waals surface area contributed by atoms with Crippen LogP contribution in [0.2, 0.25) is 0 Å². The van der Waals surface area contributed by atoms with E-state index in [4.69, 9.17) is 0 Å². The molecule has 78 valence electrons. The first kappa shape index (κ1) is 11.1. The third kappa shape index (κ3) is 2.77. The number of nitrogens with one attached hydrogen (secondary N) is 2. The Morgan fingerprint density at radius 1 is 1.71 bits per heavy atom. The standard InChI is InChI=1S/C9H15N3OS/c1-10-9(14-2)12-7-4-3-5-11-8(7)6-13/h6,11H,3-5H2,1-2H3,(H,10,12). The second kappa shape index (κ2) is 5.70. The average molecular weight is 213 g/mol. The van der Waals surface area contributed by atoms with Crippen LogP contribution >= 0.6 is 11.8 Å². The first-order valence-corrected chi connectivity index (χ1v) is 5.74. The van der Waals surface area contributed by atoms with Gasteiger partial charge in [-0.25, -0.2) is 0 Å². The van der Waals surface area contributed by atoms with Gasteiger partial charge in [0.25, 0.3) is 0 Å². The Labute approximate surface area is 88.2 Å². The van der Waals surface area contributed by atoms with Crippen molar-refractivity contribution in [3.05, 3.63) is 11.4 Å². The predicted molar refractivity (Wildman–Crippen MR) is 60.3 cm³/mol. The molecule has 1 aliphatic rings. The van der Waals surface area contributed by atoms with Crippen LogP contribution in [-0.4, -0.2) is 31.3 Å². The molecule has 2 N–H and O–H groups in total. The summed E-state index contributed by atoms with van der Waals surface area (Å²) >= 11 is 1.54. The van der Waals surface area contributed by atoms with E-state index >= 15 is 0 Å². The molecule has 0 spiro atoms. The molecule has 0 aromatic rings. The summed E-state index contributed by atoms with van der Waals surface area (Å²) in [7, 11) is 1.73. The first-order chi connectivity index (χ1) is 6.81. The number of carbonyl (C=O) groups excluding carboxylic acids is 1. The number of aliphatic imine (C=N–C) groups is 1. The summed E-state index contributed by atoms with van der Waals surface area (Å²) in [4.78, 5) is 14.8. The smallest absolute Gasteiger partial charge is 0.167 e. The molecule has 4 nitrogen and oxygen atoms in total. The Morgan fingerprint density at radius 3 is 3.07 bits per heavy atom. The number of amidine groups is 1. The molecule has 0 radical (unpaired) electrons. The highest BCUT2D eigenvalue weighted by Gasteiger charge is 2.12. The topological polar surface area (TPSA) is 53.5 Å². The van der Waals surface area contributed by atoms with Crippen LogP contribution in [0.5, 0.6) is 0 Å². The molecule has 0 unspecified atom stereocenters. The Bertz CT molecular complexity index is 273. The number of aldehydes is 1. The van der Waals surface area contributed by atoms with E-state index in [2.05, 4.69) is 15.6 Å². The molecule has 1 aliphatic heterocycles. The maximum atomic E-state index is 10.7. The molecule has 5 heteroatoms. The molecular formula is C9H15N3OS. The lowest BCUT2D eigenvalue weighted by Crippen LogP contribution is -2.31. The van der Waals surface area contributed by atoms with E-state index in [0.717, 1.165) is 36.5 Å². The van der Waals surface area contributed by atoms with E-state index in [1.54, 1.807) is 7.05 Å². The Kier molecular flexibility index (Phi) is 4.52. The number of rotatable bonds is 2. The summed E-state index contributed by atoms with van der Waals surface area (Å²) in [5, 5.41) is 7.05. The van der Waals surface area contributed by atoms with Crippen LogP contribution in [0.4, 0.5) is 0 Å². The number of nitrogens with zero attached hydrogens (tertiary/aromatic N) is 1. The molecule has 0 aliphatic carbocycles. The van der Waals surface area contributed by atoms with Gasteiger partial charge >= 0.3 is 0 Å². The maximum Gasteiger partial charge on any atom is 0.167 e. The van der Waals surface area contributed by atoms with Crippen LogP contribution in [0.1, 0.15) is 12.8 Å². The van der Waals surface area contributed by atoms with Crippen molar-refractivity contribution < 1.29 is 4.79 Å². The largest absolute Gasteiger partial charge is 0.381 e. The number of hydrogen-bond acceptors (Lipinski definition) is 4. The van der Waals surface area contributed by atoms with Crippen LogP contribution in [0, 0.1) is 0 Å². The highest BCUT2D eigenvalue weighted by Crippen LogP contribution is 2.11. The van der Waals surface area contributed by atoms with Gasteiger partial charge in [0.1, 0.15) is 0 Å². The highest BCUT2D eigenvalue weighted by atomic mass is 32.2. The van der Waals surface area contributed by atoms with Gasteiger partial charge in [-0.15, -0.1) is 0 Å². The van der Waals surface area contributed by atoms with E-state index in [1.165, 1.54) is 11.8 Å². The van der Waals surface area contributed by atoms with Crippen molar-refractivity contribution in [3.63, 3.8) is 0 Å². The lowest BCUT2D eigenvalue weighted by atomic mass is 10.1. The summed E-state index contributed by atoms with van der Waals surface area (Å²) < 4.78 is 0. The Balaban J connectivity index is 2.73. The fraction of sp³-hybridized carbons (Fsp3) is 0.556. The third-order valence-electron chi connectivity index (χ3n) is 2.02. The normalized spacial score (nSPS) is 17.7. The molecule has 0 aromatic carbocycles. The molecular weight excluding hydrogens is 198 g/mol. The molecule has 0 atom stereocenters. The van der Waals surface area contributed by atoms with E-state index in [-0.39, 0.29) is 0 Å². The van der Waals surface area contributed by atoms with Crippen LogP contribution in [0.3, 0.4) is 0 Å². The van der Waals surface area contributed by atoms with Gasteiger partial charge in [-0.05, 0) is 19.1 Å². The van der Waals surface area contributed by atoms with Crippen molar-refractivity contribution in [1.82, 2.24) is 10.6 Å². The first-order valence-electron chi connectivity index (χ1n) is 4.51. The van der Waals surface area contributed by atoms with Crippen LogP contribution in [0.25, 0.3) is 0 Å². The minimum atomic E-state index is 0.659. The monoisotopic (exact) mass is 213 g/mol. The van der Waals surface area contributed by atoms with Gasteiger partial charge in [0, 0.05) is 19.3 Å². The van der Waals surface area contributed by atoms with Gasteiger partial charge in [-0.2, -0.15) is 0 Å². The molecule has 0 amide bonds. The highest BCUT2D eigenvalue weighted by molar-refractivity contribution is 8.13. The second-order valence-electron chi connectivity index (χ2n) is 2.90. The molecule has 0 saturated heterocycles. The molecule has 1 rings (SSSR count). The van der Waals surface area contributed by atoms with E-state index in [0.29, 0.717) is 5.70 Å². The van der Waals surface area contributed by atoms with Crippen molar-refractivity contribution >= 4 is 23.2 Å². The third-order valence-corrected chi connectivity index (χ3v) is 2.69. The van der Waals surface area contributed by atoms with Crippen molar-refractivity contribution in [2.75, 3.05) is 19.8 Å². The molecule has 0 aromatic heterocycles. The van der Waals surface area contributed by atoms with Gasteiger partial charge in [-0.3, -0.25) is 9.79 Å². The molecule has 0 fully saturated rings. The number of carbonyl (C=O) groups is 1. The van der Waals surface area contributed by atoms with E-state index in [1.807, 2.05) is 6.26 Å². The van der Waals surface area contributed by atoms with Crippen molar-refractivity contribution in [1.29, 1.82) is 0 Å². The van der Waals surface area contributed by atoms with Gasteiger partial charge in [0.05, 0.1) is 5.70 Å². The number of allylic oxidation sites excluding steroid dienone is 2. The quantitative estimate of drug-likeness (QED) is 0.403. The van der Waals surface area contributed by atoms with Crippen molar-refractivity contribution in [2.24, 2.45) is 4.99 Å². The Hall–Kier alpha value is -0.970. The predicted octanol–water partition coefficient (Wildman–Crippen LogP) is 0.719. The second-order valence-corrected chi connectivity index (χ2v) is 3.69. The maximum absolute atomic E-state index is 10.7. The summed E-state index contributed by atoms with van der Waals surface area (Å²) in [5.74, 6) is 0. The zero-order valence-electron chi connectivity index (χ0n) is 8.46. The van der Waals surface area contributed by atoms with Crippen molar-refractivity contribution in [2.45, 2.75) is 12.8 Å². The summed E-state index contributed by atoms with van der Waals surface area (Å²) in [5.41, 5.74) is 1.60. The van der Waals surface area contributed by atoms with Gasteiger partial charge < -0.3 is 10.6 Å². The molecule has 14 heavy (non-hydrogen) atoms. The van der Waals surface area contributed by atoms with E-state index < -0.39 is 0 Å². The minimum absolute atomic E-state index is 0.659. The zero-order valence-corrected chi connectivity index (χ0v) is 9.28. The van der Waals surface area contributed by atoms with Crippen LogP contribution < -0.4 is 10.6 Å². The summed E-state index contributed by atoms with van der Waals surface area (Å²) in [6, 6.07) is 0. The lowest BCUT2D eigenvalue weighted by Gasteiger charge is -2.20. The van der Waals surface area contributed by atoms with Crippen LogP contribution in [-0.2, 0) is 4.79 Å². The van der Waals surface area contributed by atoms with Crippen molar-refractivity contribution in [3.8, 4) is 0 Å². The number of thioether (sulfide) groups is 1. The summed E-state index contributed by atoms with van der Waals surface area (Å²) in [6.07, 6.45) is 4.76. The van der Waals surface area contributed by atoms with Gasteiger partial charge in [0.15, 0.2) is 11.5 Å². The summed E-state index contributed by atoms with van der Waals surface area (Å²) in [6.45, 7) is 0.872. The fourth-order valence-corrected chi connectivity index (χ4v) is 1.71. The molecule has 0 bridgehead atoms. The lowest BCUT2D eigenvalue weighted by molar-refractivity contribution is -0.105. The fourth-order valence-electron chi connectivity index (χ4n) is 1.30. The van der Waals surface area contributed by atoms with Crippen LogP contribution in [0.15, 0.2) is 16.4 Å². The van der Waals surface area contributed by atoms with Gasteiger partial charge in [-0.1, -0.05) is 11.8 Å². The average Bonchev–Trinajstić information content (AvgIpc) is 2.26. The zero-order chi connectivity index (χ0) is 10.4. The number of hydrogen-bond donors (Lipinski definition) is 2.